The van der Waals surface area contributed by atoms with Gasteiger partial charge < -0.3 is 15.1 Å². The standard InChI is InChI=1S/C16H25N3O.ClH/c1-12(2)19(13(3)4)16(20)11-18-10-9-17-14-7-5-6-8-15(14)18;/h5-8,12-13,17H,9-11H2,1-4H3;1H. The molecule has 4 nitrogen and oxygen atoms in total. The number of carbonyl (C=O) groups excluding carboxylic acids is 1. The van der Waals surface area contributed by atoms with Crippen LogP contribution in [-0.2, 0) is 4.79 Å². The molecule has 118 valence electrons. The summed E-state index contributed by atoms with van der Waals surface area (Å²) in [5.74, 6) is 0.201. The lowest BCUT2D eigenvalue weighted by Gasteiger charge is -2.36. The van der Waals surface area contributed by atoms with Gasteiger partial charge in [0.05, 0.1) is 17.9 Å². The summed E-state index contributed by atoms with van der Waals surface area (Å²) in [6.07, 6.45) is 0. The Labute approximate surface area is 133 Å². The average molecular weight is 312 g/mol. The topological polar surface area (TPSA) is 35.6 Å². The fourth-order valence-electron chi connectivity index (χ4n) is 2.93. The van der Waals surface area contributed by atoms with E-state index >= 15 is 0 Å². The summed E-state index contributed by atoms with van der Waals surface area (Å²) in [4.78, 5) is 16.7. The normalized spacial score (nSPS) is 13.5. The lowest BCUT2D eigenvalue weighted by atomic mass is 10.2. The fourth-order valence-corrected chi connectivity index (χ4v) is 2.93. The first-order chi connectivity index (χ1) is 9.50. The van der Waals surface area contributed by atoms with E-state index in [4.69, 9.17) is 0 Å². The maximum absolute atomic E-state index is 12.6. The van der Waals surface area contributed by atoms with E-state index in [0.29, 0.717) is 6.54 Å². The molecule has 0 unspecified atom stereocenters. The van der Waals surface area contributed by atoms with Gasteiger partial charge in [0.2, 0.25) is 5.91 Å². The van der Waals surface area contributed by atoms with Crippen molar-refractivity contribution in [1.82, 2.24) is 4.90 Å². The highest BCUT2D eigenvalue weighted by Crippen LogP contribution is 2.28. The van der Waals surface area contributed by atoms with Crippen LogP contribution in [0.2, 0.25) is 0 Å². The molecule has 1 heterocycles. The van der Waals surface area contributed by atoms with Crippen molar-refractivity contribution in [1.29, 1.82) is 0 Å². The molecular formula is C16H26ClN3O. The van der Waals surface area contributed by atoms with Crippen LogP contribution < -0.4 is 10.2 Å². The predicted octanol–water partition coefficient (Wildman–Crippen LogP) is 2.99. The second-order valence-electron chi connectivity index (χ2n) is 5.85. The van der Waals surface area contributed by atoms with Gasteiger partial charge in [-0.15, -0.1) is 12.4 Å². The van der Waals surface area contributed by atoms with Gasteiger partial charge in [0.15, 0.2) is 0 Å². The zero-order valence-corrected chi connectivity index (χ0v) is 14.1. The number of hydrogen-bond donors (Lipinski definition) is 1. The van der Waals surface area contributed by atoms with Crippen molar-refractivity contribution in [2.45, 2.75) is 39.8 Å². The molecule has 1 aliphatic rings. The molecule has 0 spiro atoms. The Morgan fingerprint density at radius 2 is 1.86 bits per heavy atom. The number of fused-ring (bicyclic) bond motifs is 1. The van der Waals surface area contributed by atoms with Gasteiger partial charge in [-0.2, -0.15) is 0 Å². The van der Waals surface area contributed by atoms with Gasteiger partial charge >= 0.3 is 0 Å². The van der Waals surface area contributed by atoms with Crippen LogP contribution in [0.4, 0.5) is 11.4 Å². The van der Waals surface area contributed by atoms with Crippen LogP contribution in [0.1, 0.15) is 27.7 Å². The van der Waals surface area contributed by atoms with Crippen LogP contribution in [-0.4, -0.2) is 42.5 Å². The molecule has 0 atom stereocenters. The maximum atomic E-state index is 12.6. The highest BCUT2D eigenvalue weighted by atomic mass is 35.5. The Bertz CT molecular complexity index is 468. The SMILES string of the molecule is CC(C)N(C(=O)CN1CCNc2ccccc21)C(C)C.Cl. The number of rotatable bonds is 4. The molecule has 1 amide bonds. The molecule has 0 saturated carbocycles. The molecule has 1 aromatic rings. The number of nitrogens with zero attached hydrogens (tertiary/aromatic N) is 2. The second kappa shape index (κ2) is 7.55. The third kappa shape index (κ3) is 4.03. The molecule has 0 radical (unpaired) electrons. The molecule has 21 heavy (non-hydrogen) atoms. The number of carbonyl (C=O) groups is 1. The third-order valence-corrected chi connectivity index (χ3v) is 3.67. The average Bonchev–Trinajstić information content (AvgIpc) is 2.38. The van der Waals surface area contributed by atoms with E-state index in [1.165, 1.54) is 0 Å². The lowest BCUT2D eigenvalue weighted by Crippen LogP contribution is -2.48. The van der Waals surface area contributed by atoms with E-state index in [-0.39, 0.29) is 30.4 Å². The molecule has 0 bridgehead atoms. The van der Waals surface area contributed by atoms with Crippen LogP contribution in [0.5, 0.6) is 0 Å². The monoisotopic (exact) mass is 311 g/mol. The summed E-state index contributed by atoms with van der Waals surface area (Å²) in [5.41, 5.74) is 2.24. The minimum atomic E-state index is 0. The van der Waals surface area contributed by atoms with Crippen molar-refractivity contribution in [2.75, 3.05) is 29.9 Å². The first-order valence-electron chi connectivity index (χ1n) is 7.39. The molecule has 1 aliphatic heterocycles. The lowest BCUT2D eigenvalue weighted by molar-refractivity contribution is -0.133. The van der Waals surface area contributed by atoms with Gasteiger partial charge in [-0.05, 0) is 39.8 Å². The van der Waals surface area contributed by atoms with Gasteiger partial charge in [0, 0.05) is 25.2 Å². The third-order valence-electron chi connectivity index (χ3n) is 3.67. The number of benzene rings is 1. The molecule has 2 rings (SSSR count). The van der Waals surface area contributed by atoms with E-state index in [1.54, 1.807) is 0 Å². The molecule has 0 aromatic heterocycles. The number of halogens is 1. The summed E-state index contributed by atoms with van der Waals surface area (Å²) in [7, 11) is 0. The Morgan fingerprint density at radius 3 is 2.48 bits per heavy atom. The molecule has 1 N–H and O–H groups in total. The molecule has 1 aromatic carbocycles. The second-order valence-corrected chi connectivity index (χ2v) is 5.85. The summed E-state index contributed by atoms with van der Waals surface area (Å²) in [5, 5.41) is 3.37. The quantitative estimate of drug-likeness (QED) is 0.928. The van der Waals surface area contributed by atoms with E-state index in [2.05, 4.69) is 50.0 Å². The van der Waals surface area contributed by atoms with Crippen molar-refractivity contribution in [3.05, 3.63) is 24.3 Å². The van der Waals surface area contributed by atoms with Crippen molar-refractivity contribution in [3.8, 4) is 0 Å². The zero-order chi connectivity index (χ0) is 14.7. The molecule has 0 saturated heterocycles. The number of hydrogen-bond acceptors (Lipinski definition) is 3. The Balaban J connectivity index is 0.00000220. The molecule has 0 fully saturated rings. The van der Waals surface area contributed by atoms with E-state index < -0.39 is 0 Å². The smallest absolute Gasteiger partial charge is 0.242 e. The molecular weight excluding hydrogens is 286 g/mol. The maximum Gasteiger partial charge on any atom is 0.242 e. The van der Waals surface area contributed by atoms with Crippen LogP contribution in [0.15, 0.2) is 24.3 Å². The predicted molar refractivity (Wildman–Crippen MR) is 91.5 cm³/mol. The zero-order valence-electron chi connectivity index (χ0n) is 13.3. The summed E-state index contributed by atoms with van der Waals surface area (Å²) in [6, 6.07) is 8.65. The number of nitrogens with one attached hydrogen (secondary N) is 1. The van der Waals surface area contributed by atoms with Crippen molar-refractivity contribution in [3.63, 3.8) is 0 Å². The number of amides is 1. The van der Waals surface area contributed by atoms with E-state index in [1.807, 2.05) is 17.0 Å². The van der Waals surface area contributed by atoms with Gasteiger partial charge in [-0.1, -0.05) is 12.1 Å². The van der Waals surface area contributed by atoms with Gasteiger partial charge in [-0.3, -0.25) is 4.79 Å². The van der Waals surface area contributed by atoms with Gasteiger partial charge in [-0.25, -0.2) is 0 Å². The van der Waals surface area contributed by atoms with E-state index in [0.717, 1.165) is 24.5 Å². The molecule has 5 heteroatoms. The summed E-state index contributed by atoms with van der Waals surface area (Å²) < 4.78 is 0. The van der Waals surface area contributed by atoms with Crippen LogP contribution >= 0.6 is 12.4 Å². The number of anilines is 2. The van der Waals surface area contributed by atoms with Crippen LogP contribution in [0, 0.1) is 0 Å². The molecule has 0 aliphatic carbocycles. The largest absolute Gasteiger partial charge is 0.382 e. The van der Waals surface area contributed by atoms with Crippen molar-refractivity contribution >= 4 is 29.7 Å². The minimum absolute atomic E-state index is 0. The Morgan fingerprint density at radius 1 is 1.24 bits per heavy atom. The number of para-hydroxylation sites is 2. The van der Waals surface area contributed by atoms with E-state index in [9.17, 15) is 4.79 Å². The summed E-state index contributed by atoms with van der Waals surface area (Å²) >= 11 is 0. The van der Waals surface area contributed by atoms with Crippen LogP contribution in [0.25, 0.3) is 0 Å². The first kappa shape index (κ1) is 17.6. The Hall–Kier alpha value is -1.42. The van der Waals surface area contributed by atoms with Gasteiger partial charge in [0.25, 0.3) is 0 Å². The fraction of sp³-hybridized carbons (Fsp3) is 0.562. The van der Waals surface area contributed by atoms with Crippen LogP contribution in [0.3, 0.4) is 0 Å². The highest BCUT2D eigenvalue weighted by molar-refractivity contribution is 5.85. The summed E-state index contributed by atoms with van der Waals surface area (Å²) in [6.45, 7) is 10.5. The first-order valence-corrected chi connectivity index (χ1v) is 7.39. The minimum Gasteiger partial charge on any atom is -0.382 e. The van der Waals surface area contributed by atoms with Crippen molar-refractivity contribution in [2.24, 2.45) is 0 Å². The van der Waals surface area contributed by atoms with Gasteiger partial charge in [0.1, 0.15) is 0 Å². The highest BCUT2D eigenvalue weighted by Gasteiger charge is 2.24. The van der Waals surface area contributed by atoms with Crippen molar-refractivity contribution < 1.29 is 4.79 Å². The Kier molecular flexibility index (Phi) is 6.34.